The van der Waals surface area contributed by atoms with E-state index in [9.17, 15) is 4.79 Å². The van der Waals surface area contributed by atoms with E-state index in [1.807, 2.05) is 51.1 Å². The highest BCUT2D eigenvalue weighted by Gasteiger charge is 2.33. The number of Topliss-reactive ketones (excluding diaryl/α,β-unsaturated/α-hetero) is 1. The molecule has 3 aromatic rings. The molecule has 2 N–H and O–H groups in total. The number of rotatable bonds is 4. The van der Waals surface area contributed by atoms with Crippen LogP contribution in [0.4, 0.5) is 5.69 Å². The maximum Gasteiger partial charge on any atom is 0.232 e. The number of thiazole rings is 1. The van der Waals surface area contributed by atoms with Crippen LogP contribution in [0.1, 0.15) is 28.4 Å². The number of hydrogen-bond acceptors (Lipinski definition) is 6. The van der Waals surface area contributed by atoms with Gasteiger partial charge in [-0.25, -0.2) is 0 Å². The monoisotopic (exact) mass is 412 g/mol. The lowest BCUT2D eigenvalue weighted by atomic mass is 9.96. The van der Waals surface area contributed by atoms with Crippen LogP contribution in [0.2, 0.25) is 0 Å². The molecule has 0 spiro atoms. The maximum absolute atomic E-state index is 13.1. The van der Waals surface area contributed by atoms with E-state index in [-0.39, 0.29) is 5.78 Å². The highest BCUT2D eigenvalue weighted by atomic mass is 32.1. The Morgan fingerprint density at radius 2 is 2.07 bits per heavy atom. The first-order chi connectivity index (χ1) is 13.5. The Balaban J connectivity index is 1.69. The van der Waals surface area contributed by atoms with Gasteiger partial charge in [-0.2, -0.15) is 0 Å². The Bertz CT molecular complexity index is 1160. The number of ether oxygens (including phenoxy) is 2. The molecule has 4 rings (SSSR count). The Kier molecular flexibility index (Phi) is 5.05. The molecule has 28 heavy (non-hydrogen) atoms. The van der Waals surface area contributed by atoms with Crippen molar-refractivity contribution in [2.75, 3.05) is 11.9 Å². The molecule has 2 heterocycles. The van der Waals surface area contributed by atoms with Gasteiger partial charge < -0.3 is 19.8 Å². The molecule has 5 nitrogen and oxygen atoms in total. The number of aromatic amines is 1. The van der Waals surface area contributed by atoms with Gasteiger partial charge in [0.25, 0.3) is 0 Å². The molecule has 0 aliphatic carbocycles. The minimum absolute atomic E-state index is 0.0892. The van der Waals surface area contributed by atoms with E-state index in [1.165, 1.54) is 11.3 Å². The van der Waals surface area contributed by atoms with Crippen molar-refractivity contribution < 1.29 is 14.3 Å². The summed E-state index contributed by atoms with van der Waals surface area (Å²) in [6, 6.07) is 9.66. The van der Waals surface area contributed by atoms with Gasteiger partial charge >= 0.3 is 0 Å². The number of carbonyl (C=O) groups is 1. The van der Waals surface area contributed by atoms with Crippen LogP contribution in [0, 0.1) is 17.8 Å². The van der Waals surface area contributed by atoms with Gasteiger partial charge in [-0.1, -0.05) is 0 Å². The van der Waals surface area contributed by atoms with Gasteiger partial charge in [0.2, 0.25) is 6.29 Å². The molecule has 1 unspecified atom stereocenters. The molecule has 1 atom stereocenters. The van der Waals surface area contributed by atoms with Crippen LogP contribution in [-0.4, -0.2) is 23.7 Å². The average molecular weight is 413 g/mol. The molecule has 0 amide bonds. The standard InChI is InChI=1S/C21H20N2O3S2/c1-4-25-20-15(19(24)14-7-11(2)12(3)8-17(14)26-20)10-22-13-5-6-16-18(9-13)28-21(27)23-16/h5-10,20,22H,4H2,1-3H3,(H,23,27)/b15-10+. The van der Waals surface area contributed by atoms with Gasteiger partial charge in [0.05, 0.1) is 21.4 Å². The zero-order chi connectivity index (χ0) is 19.8. The minimum atomic E-state index is -0.738. The number of benzene rings is 2. The Morgan fingerprint density at radius 3 is 2.86 bits per heavy atom. The summed E-state index contributed by atoms with van der Waals surface area (Å²) in [5.74, 6) is 0.478. The van der Waals surface area contributed by atoms with Crippen molar-refractivity contribution in [3.63, 3.8) is 0 Å². The number of hydrogen-bond donors (Lipinski definition) is 2. The number of aromatic nitrogens is 1. The molecular weight excluding hydrogens is 392 g/mol. The normalized spacial score (nSPS) is 17.6. The number of anilines is 1. The second-order valence-corrected chi connectivity index (χ2v) is 8.36. The first kappa shape index (κ1) is 18.9. The lowest BCUT2D eigenvalue weighted by Gasteiger charge is -2.28. The van der Waals surface area contributed by atoms with Crippen molar-refractivity contribution in [1.82, 2.24) is 4.98 Å². The van der Waals surface area contributed by atoms with Crippen LogP contribution in [0.15, 0.2) is 42.1 Å². The first-order valence-corrected chi connectivity index (χ1v) is 10.2. The topological polar surface area (TPSA) is 63.4 Å². The smallest absolute Gasteiger partial charge is 0.232 e. The van der Waals surface area contributed by atoms with Crippen molar-refractivity contribution in [3.8, 4) is 5.75 Å². The molecule has 1 aliphatic heterocycles. The van der Waals surface area contributed by atoms with Crippen molar-refractivity contribution in [1.29, 1.82) is 0 Å². The van der Waals surface area contributed by atoms with E-state index in [2.05, 4.69) is 10.3 Å². The quantitative estimate of drug-likeness (QED) is 0.437. The highest BCUT2D eigenvalue weighted by molar-refractivity contribution is 7.73. The molecule has 1 aliphatic rings. The summed E-state index contributed by atoms with van der Waals surface area (Å²) < 4.78 is 13.5. The molecule has 0 fully saturated rings. The summed E-state index contributed by atoms with van der Waals surface area (Å²) in [5, 5.41) is 3.21. The van der Waals surface area contributed by atoms with Gasteiger partial charge in [-0.15, -0.1) is 11.3 Å². The number of nitrogens with one attached hydrogen (secondary N) is 2. The Hall–Kier alpha value is -2.48. The largest absolute Gasteiger partial charge is 0.460 e. The summed E-state index contributed by atoms with van der Waals surface area (Å²) in [7, 11) is 0. The van der Waals surface area contributed by atoms with Gasteiger partial charge in [0.15, 0.2) is 9.74 Å². The van der Waals surface area contributed by atoms with Gasteiger partial charge in [-0.05, 0) is 74.4 Å². The van der Waals surface area contributed by atoms with Crippen LogP contribution in [0.3, 0.4) is 0 Å². The van der Waals surface area contributed by atoms with Crippen LogP contribution < -0.4 is 10.1 Å². The van der Waals surface area contributed by atoms with E-state index in [1.54, 1.807) is 6.20 Å². The summed E-state index contributed by atoms with van der Waals surface area (Å²) in [6.07, 6.45) is 0.936. The van der Waals surface area contributed by atoms with Gasteiger partial charge in [0, 0.05) is 18.5 Å². The molecule has 0 radical (unpaired) electrons. The Morgan fingerprint density at radius 1 is 1.29 bits per heavy atom. The second kappa shape index (κ2) is 7.50. The molecule has 0 saturated carbocycles. The predicted molar refractivity (Wildman–Crippen MR) is 115 cm³/mol. The molecular formula is C21H20N2O3S2. The van der Waals surface area contributed by atoms with Gasteiger partial charge in [-0.3, -0.25) is 4.79 Å². The van der Waals surface area contributed by atoms with Crippen molar-refractivity contribution in [3.05, 3.63) is 62.7 Å². The van der Waals surface area contributed by atoms with Crippen LogP contribution in [-0.2, 0) is 4.74 Å². The third kappa shape index (κ3) is 3.48. The highest BCUT2D eigenvalue weighted by Crippen LogP contribution is 2.33. The summed E-state index contributed by atoms with van der Waals surface area (Å²) in [4.78, 5) is 16.3. The van der Waals surface area contributed by atoms with E-state index in [0.29, 0.717) is 23.5 Å². The Labute approximate surface area is 172 Å². The third-order valence-corrected chi connectivity index (χ3v) is 5.92. The minimum Gasteiger partial charge on any atom is -0.460 e. The SMILES string of the molecule is CCOC1Oc2cc(C)c(C)cc2C(=O)/C1=C\Nc1ccc2[nH]c(=S)sc2c1. The molecule has 2 aromatic carbocycles. The number of H-pyrrole nitrogens is 1. The van der Waals surface area contributed by atoms with Crippen molar-refractivity contribution in [2.24, 2.45) is 0 Å². The predicted octanol–water partition coefficient (Wildman–Crippen LogP) is 5.51. The molecule has 0 saturated heterocycles. The van der Waals surface area contributed by atoms with Crippen molar-refractivity contribution >= 4 is 45.2 Å². The summed E-state index contributed by atoms with van der Waals surface area (Å²) in [5.41, 5.74) is 4.99. The fraction of sp³-hybridized carbons (Fsp3) is 0.238. The summed E-state index contributed by atoms with van der Waals surface area (Å²) in [6.45, 7) is 6.30. The second-order valence-electron chi connectivity index (χ2n) is 6.64. The van der Waals surface area contributed by atoms with E-state index in [4.69, 9.17) is 21.7 Å². The zero-order valence-corrected chi connectivity index (χ0v) is 17.4. The average Bonchev–Trinajstić information content (AvgIpc) is 3.03. The zero-order valence-electron chi connectivity index (χ0n) is 15.8. The van der Waals surface area contributed by atoms with Crippen LogP contribution in [0.5, 0.6) is 5.75 Å². The third-order valence-electron chi connectivity index (χ3n) is 4.72. The number of carbonyl (C=O) groups excluding carboxylic acids is 1. The maximum atomic E-state index is 13.1. The van der Waals surface area contributed by atoms with E-state index in [0.717, 1.165) is 31.0 Å². The molecule has 7 heteroatoms. The summed E-state index contributed by atoms with van der Waals surface area (Å²) >= 11 is 6.71. The van der Waals surface area contributed by atoms with E-state index >= 15 is 0 Å². The molecule has 1 aromatic heterocycles. The van der Waals surface area contributed by atoms with E-state index < -0.39 is 6.29 Å². The lowest BCUT2D eigenvalue weighted by Crippen LogP contribution is -2.33. The number of ketones is 1. The number of aryl methyl sites for hydroxylation is 2. The number of fused-ring (bicyclic) bond motifs is 2. The van der Waals surface area contributed by atoms with Crippen LogP contribution >= 0.6 is 23.6 Å². The molecule has 0 bridgehead atoms. The van der Waals surface area contributed by atoms with Crippen LogP contribution in [0.25, 0.3) is 10.2 Å². The fourth-order valence-electron chi connectivity index (χ4n) is 3.11. The van der Waals surface area contributed by atoms with Gasteiger partial charge in [0.1, 0.15) is 5.75 Å². The lowest BCUT2D eigenvalue weighted by molar-refractivity contribution is -0.0509. The fourth-order valence-corrected chi connectivity index (χ4v) is 4.27. The first-order valence-electron chi connectivity index (χ1n) is 9.00. The van der Waals surface area contributed by atoms with Crippen molar-refractivity contribution in [2.45, 2.75) is 27.1 Å². The molecule has 144 valence electrons.